The molecule has 7 nitrogen and oxygen atoms in total. The first-order valence-corrected chi connectivity index (χ1v) is 13.6. The minimum absolute atomic E-state index is 0.0239. The van der Waals surface area contributed by atoms with E-state index in [0.717, 1.165) is 17.8 Å². The average molecular weight is 545 g/mol. The lowest BCUT2D eigenvalue weighted by Gasteiger charge is -2.31. The predicted octanol–water partition coefficient (Wildman–Crippen LogP) is 5.37. The number of benzene rings is 1. The summed E-state index contributed by atoms with van der Waals surface area (Å²) >= 11 is 2.90. The van der Waals surface area contributed by atoms with Gasteiger partial charge in [-0.1, -0.05) is 24.3 Å². The molecule has 2 aromatic heterocycles. The minimum atomic E-state index is -2.94. The summed E-state index contributed by atoms with van der Waals surface area (Å²) in [7, 11) is 0. The summed E-state index contributed by atoms with van der Waals surface area (Å²) in [5, 5.41) is 5.97. The Hall–Kier alpha value is -3.31. The van der Waals surface area contributed by atoms with Crippen molar-refractivity contribution in [3.05, 3.63) is 82.5 Å². The van der Waals surface area contributed by atoms with Crippen molar-refractivity contribution in [3.63, 3.8) is 0 Å². The van der Waals surface area contributed by atoms with E-state index < -0.39 is 6.61 Å². The molecule has 0 radical (unpaired) electrons. The summed E-state index contributed by atoms with van der Waals surface area (Å²) in [5.74, 6) is 0.432. The fourth-order valence-electron chi connectivity index (χ4n) is 4.01. The van der Waals surface area contributed by atoms with Crippen molar-refractivity contribution in [1.29, 1.82) is 0 Å². The number of hydrogen-bond acceptors (Lipinski definition) is 7. The summed E-state index contributed by atoms with van der Waals surface area (Å²) in [6.07, 6.45) is 4.95. The smallest absolute Gasteiger partial charge is 0.387 e. The fourth-order valence-corrected chi connectivity index (χ4v) is 5.71. The Kier molecular flexibility index (Phi) is 9.24. The highest BCUT2D eigenvalue weighted by Crippen LogP contribution is 2.32. The van der Waals surface area contributed by atoms with Gasteiger partial charge in [0.2, 0.25) is 0 Å². The predicted molar refractivity (Wildman–Crippen MR) is 139 cm³/mol. The van der Waals surface area contributed by atoms with E-state index in [-0.39, 0.29) is 35.7 Å². The van der Waals surface area contributed by atoms with Gasteiger partial charge in [-0.3, -0.25) is 9.59 Å². The topological polar surface area (TPSA) is 84.4 Å². The third kappa shape index (κ3) is 6.92. The second-order valence-electron chi connectivity index (χ2n) is 8.26. The van der Waals surface area contributed by atoms with Crippen LogP contribution in [0.25, 0.3) is 0 Å². The molecular formula is C26H26F2N4O3S2. The summed E-state index contributed by atoms with van der Waals surface area (Å²) in [4.78, 5) is 36.5. The van der Waals surface area contributed by atoms with Crippen LogP contribution < -0.4 is 10.1 Å². The van der Waals surface area contributed by atoms with Gasteiger partial charge in [-0.2, -0.15) is 8.78 Å². The highest BCUT2D eigenvalue weighted by atomic mass is 32.2. The molecule has 1 fully saturated rings. The molecule has 37 heavy (non-hydrogen) atoms. The Morgan fingerprint density at radius 1 is 1.24 bits per heavy atom. The number of thiazole rings is 1. The number of halogens is 2. The summed E-state index contributed by atoms with van der Waals surface area (Å²) in [5.41, 5.74) is 1.33. The van der Waals surface area contributed by atoms with E-state index in [0.29, 0.717) is 35.0 Å². The van der Waals surface area contributed by atoms with E-state index >= 15 is 0 Å². The van der Waals surface area contributed by atoms with Gasteiger partial charge in [0.05, 0.1) is 10.6 Å². The maximum Gasteiger partial charge on any atom is 0.387 e. The Bertz CT molecular complexity index is 1250. The molecule has 0 saturated carbocycles. The van der Waals surface area contributed by atoms with Gasteiger partial charge in [0.1, 0.15) is 16.5 Å². The molecule has 1 N–H and O–H groups in total. The van der Waals surface area contributed by atoms with Crippen LogP contribution in [0.3, 0.4) is 0 Å². The molecule has 194 valence electrons. The number of para-hydroxylation sites is 1. The molecule has 3 aromatic rings. The lowest BCUT2D eigenvalue weighted by Crippen LogP contribution is -2.38. The molecular weight excluding hydrogens is 518 g/mol. The standard InChI is InChI=1S/C26H26F2N4O3S2/c1-2-14-36-24-19(7-5-11-29-24)25(34)32-12-9-17(10-13-32)23-31-20(16-37-23)22(33)30-15-18-6-3-4-8-21(18)35-26(27)28/h2-8,11,16-17,26H,1,9-10,12-15H2,(H,30,33). The Morgan fingerprint density at radius 2 is 2.03 bits per heavy atom. The molecule has 11 heteroatoms. The minimum Gasteiger partial charge on any atom is -0.434 e. The largest absolute Gasteiger partial charge is 0.434 e. The van der Waals surface area contributed by atoms with Crippen LogP contribution in [0.2, 0.25) is 0 Å². The molecule has 0 aliphatic carbocycles. The Balaban J connectivity index is 1.32. The van der Waals surface area contributed by atoms with Crippen molar-refractivity contribution in [1.82, 2.24) is 20.2 Å². The van der Waals surface area contributed by atoms with Gasteiger partial charge >= 0.3 is 6.61 Å². The number of rotatable bonds is 10. The van der Waals surface area contributed by atoms with E-state index in [1.165, 1.54) is 29.2 Å². The maximum atomic E-state index is 13.1. The number of amides is 2. The van der Waals surface area contributed by atoms with E-state index in [1.54, 1.807) is 48.0 Å². The van der Waals surface area contributed by atoms with Gasteiger partial charge in [-0.15, -0.1) is 29.7 Å². The number of nitrogens with one attached hydrogen (secondary N) is 1. The number of aromatic nitrogens is 2. The highest BCUT2D eigenvalue weighted by Gasteiger charge is 2.28. The van der Waals surface area contributed by atoms with Crippen LogP contribution in [0.5, 0.6) is 5.75 Å². The normalized spacial score (nSPS) is 14.0. The van der Waals surface area contributed by atoms with Crippen molar-refractivity contribution in [3.8, 4) is 5.75 Å². The van der Waals surface area contributed by atoms with E-state index in [1.807, 2.05) is 4.90 Å². The van der Waals surface area contributed by atoms with Crippen LogP contribution in [0, 0.1) is 0 Å². The number of hydrogen-bond donors (Lipinski definition) is 1. The summed E-state index contributed by atoms with van der Waals surface area (Å²) in [6.45, 7) is 2.00. The molecule has 2 amide bonds. The molecule has 0 spiro atoms. The van der Waals surface area contributed by atoms with Crippen LogP contribution in [-0.4, -0.2) is 52.1 Å². The molecule has 1 aliphatic rings. The van der Waals surface area contributed by atoms with Gasteiger partial charge in [-0.25, -0.2) is 9.97 Å². The van der Waals surface area contributed by atoms with Gasteiger partial charge in [-0.05, 0) is 31.0 Å². The lowest BCUT2D eigenvalue weighted by atomic mass is 9.97. The van der Waals surface area contributed by atoms with Crippen LogP contribution in [0.4, 0.5) is 8.78 Å². The fraction of sp³-hybridized carbons (Fsp3) is 0.308. The third-order valence-corrected chi connectivity index (χ3v) is 7.86. The van der Waals surface area contributed by atoms with E-state index in [2.05, 4.69) is 26.6 Å². The SMILES string of the molecule is C=CCSc1ncccc1C(=O)N1CCC(c2nc(C(=O)NCc3ccccc3OC(F)F)cs2)CC1. The van der Waals surface area contributed by atoms with E-state index in [4.69, 9.17) is 0 Å². The van der Waals surface area contributed by atoms with Crippen molar-refractivity contribution in [2.24, 2.45) is 0 Å². The van der Waals surface area contributed by atoms with Crippen LogP contribution in [0.1, 0.15) is 50.2 Å². The van der Waals surface area contributed by atoms with Crippen molar-refractivity contribution < 1.29 is 23.1 Å². The summed E-state index contributed by atoms with van der Waals surface area (Å²) in [6, 6.07) is 9.90. The van der Waals surface area contributed by atoms with Crippen LogP contribution in [0.15, 0.2) is 65.7 Å². The number of pyridine rings is 1. The third-order valence-electron chi connectivity index (χ3n) is 5.85. The van der Waals surface area contributed by atoms with Crippen molar-refractivity contribution in [2.45, 2.75) is 36.9 Å². The first kappa shape index (κ1) is 26.7. The quantitative estimate of drug-likeness (QED) is 0.273. The zero-order valence-corrected chi connectivity index (χ0v) is 21.6. The number of thioether (sulfide) groups is 1. The van der Waals surface area contributed by atoms with E-state index in [9.17, 15) is 18.4 Å². The second kappa shape index (κ2) is 12.8. The molecule has 1 aromatic carbocycles. The zero-order valence-electron chi connectivity index (χ0n) is 19.9. The van der Waals surface area contributed by atoms with Crippen molar-refractivity contribution >= 4 is 34.9 Å². The molecule has 0 atom stereocenters. The monoisotopic (exact) mass is 544 g/mol. The number of carbonyl (C=O) groups is 2. The molecule has 0 unspecified atom stereocenters. The molecule has 1 saturated heterocycles. The van der Waals surface area contributed by atoms with Crippen molar-refractivity contribution in [2.75, 3.05) is 18.8 Å². The Labute approximate surface area is 222 Å². The average Bonchev–Trinajstić information content (AvgIpc) is 3.41. The van der Waals surface area contributed by atoms with Gasteiger partial charge in [0, 0.05) is 48.4 Å². The number of likely N-dealkylation sites (tertiary alicyclic amines) is 1. The molecule has 0 bridgehead atoms. The molecule has 4 rings (SSSR count). The lowest BCUT2D eigenvalue weighted by molar-refractivity contribution is -0.0504. The number of piperidine rings is 1. The first-order valence-electron chi connectivity index (χ1n) is 11.7. The van der Waals surface area contributed by atoms with Gasteiger partial charge < -0.3 is 15.0 Å². The zero-order chi connectivity index (χ0) is 26.2. The first-order chi connectivity index (χ1) is 18.0. The maximum absolute atomic E-state index is 13.1. The number of carbonyl (C=O) groups excluding carboxylic acids is 2. The number of ether oxygens (including phenoxy) is 1. The summed E-state index contributed by atoms with van der Waals surface area (Å²) < 4.78 is 29.7. The highest BCUT2D eigenvalue weighted by molar-refractivity contribution is 7.99. The van der Waals surface area contributed by atoms with Gasteiger partial charge in [0.25, 0.3) is 11.8 Å². The molecule has 1 aliphatic heterocycles. The second-order valence-corrected chi connectivity index (χ2v) is 10.2. The Morgan fingerprint density at radius 3 is 2.78 bits per heavy atom. The molecule has 3 heterocycles. The number of alkyl halides is 2. The van der Waals surface area contributed by atoms with Gasteiger partial charge in [0.15, 0.2) is 0 Å². The number of nitrogens with zero attached hydrogens (tertiary/aromatic N) is 3. The van der Waals surface area contributed by atoms with Crippen LogP contribution >= 0.6 is 23.1 Å². The van der Waals surface area contributed by atoms with Crippen LogP contribution in [-0.2, 0) is 6.54 Å².